The number of pyridine rings is 1. The molecule has 0 aliphatic carbocycles. The van der Waals surface area contributed by atoms with Crippen LogP contribution in [0.4, 0.5) is 5.69 Å². The number of hydrogen-bond donors (Lipinski definition) is 1. The molecule has 0 atom stereocenters. The molecule has 0 fully saturated rings. The van der Waals surface area contributed by atoms with Crippen LogP contribution in [-0.4, -0.2) is 18.1 Å². The topological polar surface area (TPSA) is 65.2 Å². The second kappa shape index (κ2) is 4.31. The summed E-state index contributed by atoms with van der Waals surface area (Å²) in [6, 6.07) is 1.57. The number of hydrogen-bond acceptors (Lipinski definition) is 4. The van der Waals surface area contributed by atoms with E-state index < -0.39 is 5.97 Å². The monoisotopic (exact) mass is 226 g/mol. The number of aromatic nitrogens is 1. The largest absolute Gasteiger partial charge is 0.464 e. The standard InChI is InChI=1S/C10H11ClN2O2/c1-5(2)7-4-6(12)8(11)9(13-7)10(14)15-3/h4H,1H2,2-3H3,(H2,12,13). The maximum absolute atomic E-state index is 11.3. The summed E-state index contributed by atoms with van der Waals surface area (Å²) < 4.78 is 4.54. The van der Waals surface area contributed by atoms with Gasteiger partial charge in [-0.2, -0.15) is 0 Å². The molecule has 0 amide bonds. The highest BCUT2D eigenvalue weighted by molar-refractivity contribution is 6.35. The van der Waals surface area contributed by atoms with Gasteiger partial charge in [0, 0.05) is 0 Å². The second-order valence-electron chi connectivity index (χ2n) is 3.03. The van der Waals surface area contributed by atoms with Crippen LogP contribution in [0.3, 0.4) is 0 Å². The van der Waals surface area contributed by atoms with E-state index in [1.807, 2.05) is 0 Å². The predicted molar refractivity (Wildman–Crippen MR) is 59.7 cm³/mol. The lowest BCUT2D eigenvalue weighted by Crippen LogP contribution is -2.08. The third-order valence-electron chi connectivity index (χ3n) is 1.80. The smallest absolute Gasteiger partial charge is 0.358 e. The van der Waals surface area contributed by atoms with Crippen molar-refractivity contribution in [2.24, 2.45) is 0 Å². The van der Waals surface area contributed by atoms with Crippen LogP contribution in [0.1, 0.15) is 23.1 Å². The normalized spacial score (nSPS) is 9.80. The summed E-state index contributed by atoms with van der Waals surface area (Å²) in [6.45, 7) is 5.47. The summed E-state index contributed by atoms with van der Waals surface area (Å²) in [7, 11) is 1.25. The number of carbonyl (C=O) groups is 1. The van der Waals surface area contributed by atoms with Crippen LogP contribution in [-0.2, 0) is 4.74 Å². The first-order valence-electron chi connectivity index (χ1n) is 4.17. The van der Waals surface area contributed by atoms with Crippen LogP contribution >= 0.6 is 11.6 Å². The number of nitrogen functional groups attached to an aromatic ring is 1. The Bertz CT molecular complexity index is 430. The Morgan fingerprint density at radius 2 is 2.27 bits per heavy atom. The summed E-state index contributed by atoms with van der Waals surface area (Å²) in [4.78, 5) is 15.3. The Morgan fingerprint density at radius 3 is 2.73 bits per heavy atom. The number of halogens is 1. The average molecular weight is 227 g/mol. The Balaban J connectivity index is 3.37. The van der Waals surface area contributed by atoms with Gasteiger partial charge in [0.05, 0.1) is 23.5 Å². The van der Waals surface area contributed by atoms with Crippen LogP contribution < -0.4 is 5.73 Å². The van der Waals surface area contributed by atoms with E-state index in [0.717, 1.165) is 0 Å². The first-order chi connectivity index (χ1) is 6.97. The number of ether oxygens (including phenoxy) is 1. The molecule has 0 aliphatic rings. The number of nitrogens with two attached hydrogens (primary N) is 1. The number of nitrogens with zero attached hydrogens (tertiary/aromatic N) is 1. The molecule has 0 saturated heterocycles. The minimum Gasteiger partial charge on any atom is -0.464 e. The quantitative estimate of drug-likeness (QED) is 0.785. The number of anilines is 1. The van der Waals surface area contributed by atoms with Crippen molar-refractivity contribution in [1.82, 2.24) is 4.98 Å². The summed E-state index contributed by atoms with van der Waals surface area (Å²) in [6.07, 6.45) is 0. The van der Waals surface area contributed by atoms with Gasteiger partial charge in [0.25, 0.3) is 0 Å². The first-order valence-corrected chi connectivity index (χ1v) is 4.55. The van der Waals surface area contributed by atoms with Crippen molar-refractivity contribution in [1.29, 1.82) is 0 Å². The number of carbonyl (C=O) groups excluding carboxylic acids is 1. The Kier molecular flexibility index (Phi) is 3.31. The summed E-state index contributed by atoms with van der Waals surface area (Å²) in [5.74, 6) is -0.616. The van der Waals surface area contributed by atoms with Crippen molar-refractivity contribution in [3.8, 4) is 0 Å². The van der Waals surface area contributed by atoms with E-state index in [-0.39, 0.29) is 16.4 Å². The van der Waals surface area contributed by atoms with Gasteiger partial charge in [0.15, 0.2) is 5.69 Å². The highest BCUT2D eigenvalue weighted by Gasteiger charge is 2.16. The molecule has 5 heteroatoms. The van der Waals surface area contributed by atoms with Gasteiger partial charge in [0.2, 0.25) is 0 Å². The fourth-order valence-corrected chi connectivity index (χ4v) is 1.17. The van der Waals surface area contributed by atoms with E-state index in [0.29, 0.717) is 11.3 Å². The van der Waals surface area contributed by atoms with E-state index in [4.69, 9.17) is 17.3 Å². The molecule has 4 nitrogen and oxygen atoms in total. The lowest BCUT2D eigenvalue weighted by molar-refractivity contribution is 0.0594. The van der Waals surface area contributed by atoms with Gasteiger partial charge >= 0.3 is 5.97 Å². The van der Waals surface area contributed by atoms with E-state index in [1.165, 1.54) is 7.11 Å². The first kappa shape index (κ1) is 11.5. The molecule has 0 aliphatic heterocycles. The molecule has 0 bridgehead atoms. The molecule has 0 spiro atoms. The van der Waals surface area contributed by atoms with Crippen molar-refractivity contribution in [2.45, 2.75) is 6.92 Å². The van der Waals surface area contributed by atoms with Gasteiger partial charge in [-0.25, -0.2) is 9.78 Å². The van der Waals surface area contributed by atoms with Crippen molar-refractivity contribution in [2.75, 3.05) is 12.8 Å². The van der Waals surface area contributed by atoms with Gasteiger partial charge < -0.3 is 10.5 Å². The Morgan fingerprint density at radius 1 is 1.67 bits per heavy atom. The molecule has 1 rings (SSSR count). The molecule has 0 saturated carbocycles. The van der Waals surface area contributed by atoms with Crippen LogP contribution in [0.2, 0.25) is 5.02 Å². The third-order valence-corrected chi connectivity index (χ3v) is 2.20. The van der Waals surface area contributed by atoms with Crippen LogP contribution in [0.25, 0.3) is 5.57 Å². The molecule has 1 aromatic rings. The summed E-state index contributed by atoms with van der Waals surface area (Å²) >= 11 is 5.83. The Labute approximate surface area is 92.7 Å². The fraction of sp³-hybridized carbons (Fsp3) is 0.200. The van der Waals surface area contributed by atoms with Crippen molar-refractivity contribution >= 4 is 28.8 Å². The molecular formula is C10H11ClN2O2. The number of methoxy groups -OCH3 is 1. The van der Waals surface area contributed by atoms with Gasteiger partial charge in [0.1, 0.15) is 0 Å². The van der Waals surface area contributed by atoms with Gasteiger partial charge in [-0.05, 0) is 18.6 Å². The molecule has 0 unspecified atom stereocenters. The van der Waals surface area contributed by atoms with E-state index in [2.05, 4.69) is 16.3 Å². The van der Waals surface area contributed by atoms with Crippen LogP contribution in [0, 0.1) is 0 Å². The molecule has 0 aromatic carbocycles. The summed E-state index contributed by atoms with van der Waals surface area (Å²) in [5, 5.41) is 0.104. The summed E-state index contributed by atoms with van der Waals surface area (Å²) in [5.41, 5.74) is 7.15. The maximum Gasteiger partial charge on any atom is 0.358 e. The molecule has 1 heterocycles. The zero-order valence-corrected chi connectivity index (χ0v) is 9.26. The van der Waals surface area contributed by atoms with E-state index in [9.17, 15) is 4.79 Å². The Hall–Kier alpha value is -1.55. The van der Waals surface area contributed by atoms with Crippen molar-refractivity contribution < 1.29 is 9.53 Å². The van der Waals surface area contributed by atoms with Crippen molar-refractivity contribution in [3.63, 3.8) is 0 Å². The predicted octanol–water partition coefficient (Wildman–Crippen LogP) is 2.14. The average Bonchev–Trinajstić information content (AvgIpc) is 2.20. The zero-order chi connectivity index (χ0) is 11.6. The SMILES string of the molecule is C=C(C)c1cc(N)c(Cl)c(C(=O)OC)n1. The number of allylic oxidation sites excluding steroid dienone is 1. The number of rotatable bonds is 2. The van der Waals surface area contributed by atoms with Gasteiger partial charge in [-0.1, -0.05) is 18.2 Å². The zero-order valence-electron chi connectivity index (χ0n) is 8.50. The molecule has 80 valence electrons. The third kappa shape index (κ3) is 2.27. The lowest BCUT2D eigenvalue weighted by atomic mass is 10.2. The fourth-order valence-electron chi connectivity index (χ4n) is 1.000. The van der Waals surface area contributed by atoms with Gasteiger partial charge in [-0.3, -0.25) is 0 Å². The molecule has 2 N–H and O–H groups in total. The van der Waals surface area contributed by atoms with E-state index in [1.54, 1.807) is 13.0 Å². The highest BCUT2D eigenvalue weighted by atomic mass is 35.5. The minimum atomic E-state index is -0.616. The minimum absolute atomic E-state index is 0.0113. The highest BCUT2D eigenvalue weighted by Crippen LogP contribution is 2.25. The molecular weight excluding hydrogens is 216 g/mol. The lowest BCUT2D eigenvalue weighted by Gasteiger charge is -2.07. The van der Waals surface area contributed by atoms with E-state index >= 15 is 0 Å². The number of esters is 1. The maximum atomic E-state index is 11.3. The molecule has 0 radical (unpaired) electrons. The van der Waals surface area contributed by atoms with Crippen molar-refractivity contribution in [3.05, 3.63) is 29.1 Å². The van der Waals surface area contributed by atoms with Crippen LogP contribution in [0.15, 0.2) is 12.6 Å². The van der Waals surface area contributed by atoms with Crippen LogP contribution in [0.5, 0.6) is 0 Å². The van der Waals surface area contributed by atoms with Gasteiger partial charge in [-0.15, -0.1) is 0 Å². The molecule has 15 heavy (non-hydrogen) atoms. The molecule has 1 aromatic heterocycles. The second-order valence-corrected chi connectivity index (χ2v) is 3.41.